The number of nitrogens with zero attached hydrogens (tertiary/aromatic N) is 4. The highest BCUT2D eigenvalue weighted by Crippen LogP contribution is 2.68. The van der Waals surface area contributed by atoms with Gasteiger partial charge in [-0.1, -0.05) is 13.8 Å². The number of hydrogen-bond acceptors (Lipinski definition) is 5. The number of aliphatic hydroxyl groups is 1. The summed E-state index contributed by atoms with van der Waals surface area (Å²) in [6.07, 6.45) is 13.6. The number of carbonyl (C=O) groups excluding carboxylic acids is 2. The zero-order valence-corrected chi connectivity index (χ0v) is 22.4. The molecule has 7 nitrogen and oxygen atoms in total. The Bertz CT molecular complexity index is 1030. The van der Waals surface area contributed by atoms with Crippen molar-refractivity contribution in [2.24, 2.45) is 40.4 Å². The highest BCUT2D eigenvalue weighted by Gasteiger charge is 2.61. The highest BCUT2D eigenvalue weighted by molar-refractivity contribution is 5.92. The van der Waals surface area contributed by atoms with E-state index in [1.54, 1.807) is 0 Å². The Hall–Kier alpha value is -1.76. The van der Waals surface area contributed by atoms with E-state index in [-0.39, 0.29) is 29.6 Å². The second-order valence-corrected chi connectivity index (χ2v) is 13.8. The standard InChI is InChI=1S/C29H44N4O3/c1-27(36)12-13-28(2)19(16-27)6-7-20-21-8-9-23(29(21,3)11-10-22(20)28)25(34)18-33-30-17-24(31-33)26(35)32-14-4-5-15-32/h17,19-23,36H,4-16,18H2,1-3H3/t19-,20+,21+,22+,23-,27-,28+,29?/m1/s1. The zero-order valence-electron chi connectivity index (χ0n) is 22.4. The van der Waals surface area contributed by atoms with Crippen LogP contribution in [-0.2, 0) is 11.3 Å². The predicted octanol–water partition coefficient (Wildman–Crippen LogP) is 4.49. The number of carbonyl (C=O) groups is 2. The molecule has 2 heterocycles. The monoisotopic (exact) mass is 496 g/mol. The summed E-state index contributed by atoms with van der Waals surface area (Å²) < 4.78 is 0. The molecule has 5 aliphatic rings. The lowest BCUT2D eigenvalue weighted by Crippen LogP contribution is -2.55. The first-order chi connectivity index (χ1) is 17.1. The number of likely N-dealkylation sites (tertiary alicyclic amines) is 1. The number of aromatic nitrogens is 3. The molecule has 1 amide bonds. The summed E-state index contributed by atoms with van der Waals surface area (Å²) in [4.78, 5) is 29.5. The second kappa shape index (κ2) is 8.64. The number of fused-ring (bicyclic) bond motifs is 5. The molecule has 36 heavy (non-hydrogen) atoms. The molecule has 1 saturated heterocycles. The molecule has 0 aromatic carbocycles. The lowest BCUT2D eigenvalue weighted by Gasteiger charge is -2.61. The van der Waals surface area contributed by atoms with Crippen LogP contribution in [0.1, 0.15) is 102 Å². The second-order valence-electron chi connectivity index (χ2n) is 13.8. The summed E-state index contributed by atoms with van der Waals surface area (Å²) in [5, 5.41) is 19.4. The molecule has 7 heteroatoms. The molecule has 1 aromatic rings. The normalized spacial score (nSPS) is 44.1. The molecular formula is C29H44N4O3. The van der Waals surface area contributed by atoms with E-state index in [0.29, 0.717) is 28.9 Å². The van der Waals surface area contributed by atoms with Gasteiger partial charge >= 0.3 is 0 Å². The van der Waals surface area contributed by atoms with Crippen molar-refractivity contribution >= 4 is 11.7 Å². The van der Waals surface area contributed by atoms with Gasteiger partial charge in [0.2, 0.25) is 0 Å². The van der Waals surface area contributed by atoms with Gasteiger partial charge in [-0.15, -0.1) is 5.10 Å². The van der Waals surface area contributed by atoms with Gasteiger partial charge in [-0.2, -0.15) is 9.90 Å². The van der Waals surface area contributed by atoms with E-state index >= 15 is 0 Å². The molecule has 4 saturated carbocycles. The maximum Gasteiger partial charge on any atom is 0.276 e. The molecular weight excluding hydrogens is 452 g/mol. The van der Waals surface area contributed by atoms with Crippen LogP contribution < -0.4 is 0 Å². The fraction of sp³-hybridized carbons (Fsp3) is 0.862. The van der Waals surface area contributed by atoms with Gasteiger partial charge in [0.05, 0.1) is 11.8 Å². The van der Waals surface area contributed by atoms with E-state index in [0.717, 1.165) is 70.4 Å². The van der Waals surface area contributed by atoms with E-state index in [1.165, 1.54) is 30.3 Å². The average Bonchev–Trinajstić information content (AvgIpc) is 3.58. The molecule has 1 unspecified atom stereocenters. The van der Waals surface area contributed by atoms with E-state index < -0.39 is 5.60 Å². The fourth-order valence-corrected chi connectivity index (χ4v) is 9.76. The molecule has 0 bridgehead atoms. The van der Waals surface area contributed by atoms with E-state index in [4.69, 9.17) is 0 Å². The van der Waals surface area contributed by atoms with Crippen molar-refractivity contribution in [3.63, 3.8) is 0 Å². The summed E-state index contributed by atoms with van der Waals surface area (Å²) in [5.74, 6) is 2.92. The quantitative estimate of drug-likeness (QED) is 0.663. The first-order valence-electron chi connectivity index (χ1n) is 14.6. The van der Waals surface area contributed by atoms with Crippen molar-refractivity contribution in [2.75, 3.05) is 13.1 Å². The lowest BCUT2D eigenvalue weighted by molar-refractivity contribution is -0.151. The number of ketones is 1. The van der Waals surface area contributed by atoms with Gasteiger partial charge in [0.25, 0.3) is 5.91 Å². The van der Waals surface area contributed by atoms with Gasteiger partial charge in [0, 0.05) is 19.0 Å². The van der Waals surface area contributed by atoms with Crippen LogP contribution in [0.3, 0.4) is 0 Å². The van der Waals surface area contributed by atoms with Crippen LogP contribution in [0.25, 0.3) is 0 Å². The third-order valence-corrected chi connectivity index (χ3v) is 11.8. The van der Waals surface area contributed by atoms with Gasteiger partial charge < -0.3 is 10.0 Å². The number of amides is 1. The van der Waals surface area contributed by atoms with Crippen molar-refractivity contribution in [1.82, 2.24) is 19.9 Å². The number of rotatable bonds is 4. The average molecular weight is 497 g/mol. The van der Waals surface area contributed by atoms with E-state index in [2.05, 4.69) is 24.0 Å². The van der Waals surface area contributed by atoms with Crippen molar-refractivity contribution in [3.05, 3.63) is 11.9 Å². The highest BCUT2D eigenvalue weighted by atomic mass is 16.3. The Labute approximate surface area is 215 Å². The Morgan fingerprint density at radius 3 is 2.50 bits per heavy atom. The van der Waals surface area contributed by atoms with Crippen molar-refractivity contribution in [3.8, 4) is 0 Å². The van der Waals surface area contributed by atoms with Crippen LogP contribution in [0.15, 0.2) is 6.20 Å². The van der Waals surface area contributed by atoms with Gasteiger partial charge in [0.15, 0.2) is 11.5 Å². The van der Waals surface area contributed by atoms with Crippen LogP contribution in [-0.4, -0.2) is 55.4 Å². The Kier molecular flexibility index (Phi) is 5.90. The molecule has 198 valence electrons. The molecule has 5 fully saturated rings. The smallest absolute Gasteiger partial charge is 0.276 e. The van der Waals surface area contributed by atoms with Crippen LogP contribution >= 0.6 is 0 Å². The fourth-order valence-electron chi connectivity index (χ4n) is 9.76. The van der Waals surface area contributed by atoms with Crippen LogP contribution in [0, 0.1) is 40.4 Å². The third kappa shape index (κ3) is 3.86. The molecule has 1 aromatic heterocycles. The topological polar surface area (TPSA) is 88.3 Å². The summed E-state index contributed by atoms with van der Waals surface area (Å²) >= 11 is 0. The Morgan fingerprint density at radius 2 is 1.72 bits per heavy atom. The minimum atomic E-state index is -0.495. The molecule has 8 atom stereocenters. The first-order valence-corrected chi connectivity index (χ1v) is 14.6. The lowest BCUT2D eigenvalue weighted by atomic mass is 9.44. The Balaban J connectivity index is 1.14. The van der Waals surface area contributed by atoms with E-state index in [1.807, 2.05) is 11.8 Å². The summed E-state index contributed by atoms with van der Waals surface area (Å²) in [6.45, 7) is 8.69. The largest absolute Gasteiger partial charge is 0.390 e. The van der Waals surface area contributed by atoms with E-state index in [9.17, 15) is 14.7 Å². The molecule has 1 N–H and O–H groups in total. The molecule has 0 radical (unpaired) electrons. The van der Waals surface area contributed by atoms with Crippen LogP contribution in [0.2, 0.25) is 0 Å². The van der Waals surface area contributed by atoms with Gasteiger partial charge in [-0.25, -0.2) is 0 Å². The molecule has 1 aliphatic heterocycles. The van der Waals surface area contributed by atoms with Crippen molar-refractivity contribution in [1.29, 1.82) is 0 Å². The third-order valence-electron chi connectivity index (χ3n) is 11.8. The zero-order chi connectivity index (χ0) is 25.3. The predicted molar refractivity (Wildman–Crippen MR) is 136 cm³/mol. The van der Waals surface area contributed by atoms with Crippen molar-refractivity contribution < 1.29 is 14.7 Å². The maximum atomic E-state index is 13.6. The minimum absolute atomic E-state index is 0.0585. The molecule has 6 rings (SSSR count). The van der Waals surface area contributed by atoms with Crippen LogP contribution in [0.5, 0.6) is 0 Å². The minimum Gasteiger partial charge on any atom is -0.390 e. The summed E-state index contributed by atoms with van der Waals surface area (Å²) in [5.41, 5.74) is 0.261. The van der Waals surface area contributed by atoms with Gasteiger partial charge in [-0.05, 0) is 112 Å². The SMILES string of the molecule is CC12CC[C@H]3[C@@H](CC[C@@H]4C[C@](C)(O)CC[C@@]43C)[C@@H]1CC[C@@H]2C(=O)Cn1ncc(C(=O)N2CCCC2)n1. The molecule has 0 spiro atoms. The van der Waals surface area contributed by atoms with Gasteiger partial charge in [0.1, 0.15) is 6.54 Å². The first kappa shape index (κ1) is 24.6. The van der Waals surface area contributed by atoms with Crippen molar-refractivity contribution in [2.45, 2.75) is 104 Å². The maximum absolute atomic E-state index is 13.6. The number of hydrogen-bond donors (Lipinski definition) is 1. The summed E-state index contributed by atoms with van der Waals surface area (Å²) in [6, 6.07) is 0. The molecule has 4 aliphatic carbocycles. The summed E-state index contributed by atoms with van der Waals surface area (Å²) in [7, 11) is 0. The number of Topliss-reactive ketones (excluding diaryl/α,β-unsaturated/α-hetero) is 1. The Morgan fingerprint density at radius 1 is 0.972 bits per heavy atom. The van der Waals surface area contributed by atoms with Gasteiger partial charge in [-0.3, -0.25) is 9.59 Å². The van der Waals surface area contributed by atoms with Crippen LogP contribution in [0.4, 0.5) is 0 Å².